The molecule has 0 aliphatic heterocycles. The zero-order valence-corrected chi connectivity index (χ0v) is 14.8. The minimum Gasteiger partial charge on any atom is -0.317 e. The molecular formula is C16H28BrN3. The Morgan fingerprint density at radius 2 is 2.15 bits per heavy atom. The second-order valence-electron chi connectivity index (χ2n) is 6.30. The van der Waals surface area contributed by atoms with Gasteiger partial charge in [-0.1, -0.05) is 19.8 Å². The predicted octanol–water partition coefficient (Wildman–Crippen LogP) is 3.84. The van der Waals surface area contributed by atoms with Crippen molar-refractivity contribution in [2.45, 2.75) is 58.4 Å². The average molecular weight is 342 g/mol. The van der Waals surface area contributed by atoms with Crippen molar-refractivity contribution in [1.29, 1.82) is 0 Å². The van der Waals surface area contributed by atoms with Crippen LogP contribution in [0.15, 0.2) is 4.47 Å². The highest BCUT2D eigenvalue weighted by Gasteiger charge is 2.30. The Morgan fingerprint density at radius 1 is 1.40 bits per heavy atom. The van der Waals surface area contributed by atoms with Crippen LogP contribution in [0.3, 0.4) is 0 Å². The molecule has 0 radical (unpaired) electrons. The summed E-state index contributed by atoms with van der Waals surface area (Å²) >= 11 is 3.71. The molecule has 114 valence electrons. The van der Waals surface area contributed by atoms with Crippen molar-refractivity contribution in [3.63, 3.8) is 0 Å². The molecule has 0 amide bonds. The largest absolute Gasteiger partial charge is 0.317 e. The zero-order valence-electron chi connectivity index (χ0n) is 13.2. The molecule has 1 N–H and O–H groups in total. The van der Waals surface area contributed by atoms with Crippen LogP contribution in [0, 0.1) is 18.8 Å². The molecule has 0 spiro atoms. The summed E-state index contributed by atoms with van der Waals surface area (Å²) in [5.74, 6) is 1.65. The first-order valence-electron chi connectivity index (χ1n) is 7.92. The van der Waals surface area contributed by atoms with Gasteiger partial charge in [0.1, 0.15) is 0 Å². The summed E-state index contributed by atoms with van der Waals surface area (Å²) in [6.07, 6.45) is 7.90. The van der Waals surface area contributed by atoms with Crippen molar-refractivity contribution in [1.82, 2.24) is 15.1 Å². The standard InChI is InChI=1S/C16H28BrN3/c1-5-6-12-7-8-14(18-3)13(9-12)10-15-16(17)11(2)19-20(15)4/h12-14,18H,5-10H2,1-4H3. The van der Waals surface area contributed by atoms with Gasteiger partial charge in [0.2, 0.25) is 0 Å². The molecule has 1 aromatic heterocycles. The molecule has 1 aliphatic carbocycles. The van der Waals surface area contributed by atoms with E-state index in [1.807, 2.05) is 0 Å². The first kappa shape index (κ1) is 16.0. The van der Waals surface area contributed by atoms with Crippen LogP contribution >= 0.6 is 15.9 Å². The number of aromatic nitrogens is 2. The maximum Gasteiger partial charge on any atom is 0.0738 e. The van der Waals surface area contributed by atoms with E-state index in [-0.39, 0.29) is 0 Å². The molecule has 4 heteroatoms. The quantitative estimate of drug-likeness (QED) is 0.881. The van der Waals surface area contributed by atoms with E-state index >= 15 is 0 Å². The van der Waals surface area contributed by atoms with E-state index in [0.717, 1.165) is 24.0 Å². The number of rotatable bonds is 5. The van der Waals surface area contributed by atoms with Crippen LogP contribution in [0.25, 0.3) is 0 Å². The summed E-state index contributed by atoms with van der Waals surface area (Å²) in [7, 11) is 4.18. The van der Waals surface area contributed by atoms with E-state index in [1.54, 1.807) is 0 Å². The molecule has 3 atom stereocenters. The van der Waals surface area contributed by atoms with Crippen molar-refractivity contribution in [2.75, 3.05) is 7.05 Å². The molecule has 1 aromatic rings. The SMILES string of the molecule is CCCC1CCC(NC)C(Cc2c(Br)c(C)nn2C)C1. The highest BCUT2D eigenvalue weighted by atomic mass is 79.9. The number of halogens is 1. The van der Waals surface area contributed by atoms with Crippen molar-refractivity contribution >= 4 is 15.9 Å². The third kappa shape index (κ3) is 3.45. The topological polar surface area (TPSA) is 29.9 Å². The third-order valence-electron chi connectivity index (χ3n) is 4.88. The Morgan fingerprint density at radius 3 is 2.70 bits per heavy atom. The summed E-state index contributed by atoms with van der Waals surface area (Å²) in [6.45, 7) is 4.38. The van der Waals surface area contributed by atoms with Gasteiger partial charge in [0.05, 0.1) is 15.9 Å². The van der Waals surface area contributed by atoms with Crippen molar-refractivity contribution in [3.05, 3.63) is 15.9 Å². The van der Waals surface area contributed by atoms with Gasteiger partial charge in [-0.25, -0.2) is 0 Å². The molecule has 1 saturated carbocycles. The molecule has 20 heavy (non-hydrogen) atoms. The van der Waals surface area contributed by atoms with Crippen LogP contribution < -0.4 is 5.32 Å². The van der Waals surface area contributed by atoms with E-state index in [9.17, 15) is 0 Å². The lowest BCUT2D eigenvalue weighted by Gasteiger charge is -2.36. The molecule has 1 fully saturated rings. The molecule has 0 aromatic carbocycles. The Labute approximate surface area is 131 Å². The highest BCUT2D eigenvalue weighted by molar-refractivity contribution is 9.10. The minimum absolute atomic E-state index is 0.658. The molecule has 3 unspecified atom stereocenters. The lowest BCUT2D eigenvalue weighted by atomic mass is 9.74. The average Bonchev–Trinajstić information content (AvgIpc) is 2.66. The predicted molar refractivity (Wildman–Crippen MR) is 87.9 cm³/mol. The Hall–Kier alpha value is -0.350. The van der Waals surface area contributed by atoms with Crippen LogP contribution in [0.2, 0.25) is 0 Å². The Kier molecular flexibility index (Phi) is 5.67. The fraction of sp³-hybridized carbons (Fsp3) is 0.812. The van der Waals surface area contributed by atoms with Gasteiger partial charge in [0.15, 0.2) is 0 Å². The van der Waals surface area contributed by atoms with E-state index in [4.69, 9.17) is 0 Å². The molecular weight excluding hydrogens is 314 g/mol. The molecule has 1 heterocycles. The van der Waals surface area contributed by atoms with Crippen LogP contribution in [0.4, 0.5) is 0 Å². The lowest BCUT2D eigenvalue weighted by molar-refractivity contribution is 0.198. The summed E-state index contributed by atoms with van der Waals surface area (Å²) in [5, 5.41) is 8.07. The number of aryl methyl sites for hydroxylation is 2. The van der Waals surface area contributed by atoms with E-state index < -0.39 is 0 Å². The second kappa shape index (κ2) is 7.08. The van der Waals surface area contributed by atoms with Crippen molar-refractivity contribution < 1.29 is 0 Å². The van der Waals surface area contributed by atoms with Gasteiger partial charge in [0.25, 0.3) is 0 Å². The first-order chi connectivity index (χ1) is 9.56. The Balaban J connectivity index is 2.11. The van der Waals surface area contributed by atoms with E-state index in [0.29, 0.717) is 6.04 Å². The van der Waals surface area contributed by atoms with E-state index in [1.165, 1.54) is 42.3 Å². The van der Waals surface area contributed by atoms with Crippen molar-refractivity contribution in [3.8, 4) is 0 Å². The highest BCUT2D eigenvalue weighted by Crippen LogP contribution is 2.35. The first-order valence-corrected chi connectivity index (χ1v) is 8.71. The van der Waals surface area contributed by atoms with Gasteiger partial charge in [-0.3, -0.25) is 4.68 Å². The molecule has 0 saturated heterocycles. The van der Waals surface area contributed by atoms with Gasteiger partial charge >= 0.3 is 0 Å². The maximum absolute atomic E-state index is 4.53. The van der Waals surface area contributed by atoms with Gasteiger partial charge in [-0.15, -0.1) is 0 Å². The number of nitrogens with zero attached hydrogens (tertiary/aromatic N) is 2. The molecule has 1 aliphatic rings. The number of hydrogen-bond donors (Lipinski definition) is 1. The molecule has 0 bridgehead atoms. The minimum atomic E-state index is 0.658. The number of nitrogens with one attached hydrogen (secondary N) is 1. The second-order valence-corrected chi connectivity index (χ2v) is 7.09. The van der Waals surface area contributed by atoms with Gasteiger partial charge in [-0.2, -0.15) is 5.10 Å². The monoisotopic (exact) mass is 341 g/mol. The lowest BCUT2D eigenvalue weighted by Crippen LogP contribution is -2.40. The summed E-state index contributed by atoms with van der Waals surface area (Å²) in [4.78, 5) is 0. The normalized spacial score (nSPS) is 26.9. The third-order valence-corrected chi connectivity index (χ3v) is 5.91. The molecule has 3 nitrogen and oxygen atoms in total. The summed E-state index contributed by atoms with van der Waals surface area (Å²) in [6, 6.07) is 0.658. The van der Waals surface area contributed by atoms with Gasteiger partial charge in [0, 0.05) is 13.1 Å². The zero-order chi connectivity index (χ0) is 14.7. The van der Waals surface area contributed by atoms with Crippen LogP contribution in [0.5, 0.6) is 0 Å². The summed E-state index contributed by atoms with van der Waals surface area (Å²) in [5.41, 5.74) is 2.45. The fourth-order valence-corrected chi connectivity index (χ4v) is 4.29. The van der Waals surface area contributed by atoms with Gasteiger partial charge in [-0.05, 0) is 67.4 Å². The van der Waals surface area contributed by atoms with Gasteiger partial charge < -0.3 is 5.32 Å². The van der Waals surface area contributed by atoms with E-state index in [2.05, 4.69) is 59.0 Å². The summed E-state index contributed by atoms with van der Waals surface area (Å²) < 4.78 is 3.25. The Bertz CT molecular complexity index is 441. The smallest absolute Gasteiger partial charge is 0.0738 e. The van der Waals surface area contributed by atoms with Crippen LogP contribution in [0.1, 0.15) is 50.4 Å². The number of hydrogen-bond acceptors (Lipinski definition) is 2. The molecule has 2 rings (SSSR count). The maximum atomic E-state index is 4.53. The fourth-order valence-electron chi connectivity index (χ4n) is 3.79. The van der Waals surface area contributed by atoms with Crippen LogP contribution in [-0.4, -0.2) is 22.9 Å². The van der Waals surface area contributed by atoms with Crippen LogP contribution in [-0.2, 0) is 13.5 Å². The van der Waals surface area contributed by atoms with Crippen molar-refractivity contribution in [2.24, 2.45) is 18.9 Å².